The van der Waals surface area contributed by atoms with Gasteiger partial charge < -0.3 is 19.9 Å². The van der Waals surface area contributed by atoms with Gasteiger partial charge in [0.05, 0.1) is 6.10 Å². The normalized spacial score (nSPS) is 16.8. The molecule has 5 nitrogen and oxygen atoms in total. The Balaban J connectivity index is 1.81. The summed E-state index contributed by atoms with van der Waals surface area (Å²) < 4.78 is 5.59. The molecular formula is C18H29N3O2. The van der Waals surface area contributed by atoms with Crippen molar-refractivity contribution in [3.63, 3.8) is 0 Å². The van der Waals surface area contributed by atoms with Crippen molar-refractivity contribution in [2.75, 3.05) is 44.2 Å². The Morgan fingerprint density at radius 2 is 1.96 bits per heavy atom. The Hall–Kier alpha value is -1.75. The smallest absolute Gasteiger partial charge is 0.317 e. The molecule has 1 aromatic carbocycles. The number of para-hydroxylation sites is 1. The molecule has 0 spiro atoms. The van der Waals surface area contributed by atoms with Crippen molar-refractivity contribution in [1.82, 2.24) is 10.2 Å². The van der Waals surface area contributed by atoms with Crippen LogP contribution in [0.15, 0.2) is 30.3 Å². The van der Waals surface area contributed by atoms with Crippen LogP contribution in [0.1, 0.15) is 26.7 Å². The molecule has 23 heavy (non-hydrogen) atoms. The van der Waals surface area contributed by atoms with E-state index < -0.39 is 0 Å². The van der Waals surface area contributed by atoms with E-state index >= 15 is 0 Å². The number of hydrogen-bond acceptors (Lipinski definition) is 3. The molecule has 1 atom stereocenters. The van der Waals surface area contributed by atoms with Gasteiger partial charge in [0.25, 0.3) is 0 Å². The standard InChI is InChI=1S/C18H29N3O2/c1-3-17(23-4-2)15-19-18(22)21-12-8-11-20(13-14-21)16-9-6-5-7-10-16/h5-7,9-10,17H,3-4,8,11-15H2,1-2H3,(H,19,22)/t17-/m0/s1. The minimum Gasteiger partial charge on any atom is -0.377 e. The van der Waals surface area contributed by atoms with Gasteiger partial charge in [-0.3, -0.25) is 0 Å². The van der Waals surface area contributed by atoms with Gasteiger partial charge in [0.1, 0.15) is 0 Å². The molecule has 0 saturated carbocycles. The van der Waals surface area contributed by atoms with Crippen molar-refractivity contribution >= 4 is 11.7 Å². The van der Waals surface area contributed by atoms with E-state index in [-0.39, 0.29) is 12.1 Å². The van der Waals surface area contributed by atoms with E-state index in [2.05, 4.69) is 41.4 Å². The van der Waals surface area contributed by atoms with Crippen LogP contribution in [-0.4, -0.2) is 56.4 Å². The molecule has 1 aromatic rings. The molecule has 2 rings (SSSR count). The Kier molecular flexibility index (Phi) is 7.20. The molecule has 128 valence electrons. The van der Waals surface area contributed by atoms with Crippen LogP contribution in [0.4, 0.5) is 10.5 Å². The highest BCUT2D eigenvalue weighted by molar-refractivity contribution is 5.74. The quantitative estimate of drug-likeness (QED) is 0.877. The highest BCUT2D eigenvalue weighted by Crippen LogP contribution is 2.15. The Labute approximate surface area is 139 Å². The van der Waals surface area contributed by atoms with Gasteiger partial charge in [-0.1, -0.05) is 25.1 Å². The van der Waals surface area contributed by atoms with Crippen LogP contribution in [0, 0.1) is 0 Å². The van der Waals surface area contributed by atoms with Crippen molar-refractivity contribution in [1.29, 1.82) is 0 Å². The molecular weight excluding hydrogens is 290 g/mol. The van der Waals surface area contributed by atoms with Crippen LogP contribution in [-0.2, 0) is 4.74 Å². The van der Waals surface area contributed by atoms with Gasteiger partial charge >= 0.3 is 6.03 Å². The molecule has 0 aliphatic carbocycles. The van der Waals surface area contributed by atoms with Crippen LogP contribution in [0.25, 0.3) is 0 Å². The van der Waals surface area contributed by atoms with E-state index in [9.17, 15) is 4.79 Å². The molecule has 0 bridgehead atoms. The lowest BCUT2D eigenvalue weighted by Gasteiger charge is -2.24. The third kappa shape index (κ3) is 5.43. The van der Waals surface area contributed by atoms with E-state index in [1.807, 2.05) is 17.9 Å². The second-order valence-electron chi connectivity index (χ2n) is 5.83. The molecule has 1 aliphatic rings. The van der Waals surface area contributed by atoms with Crippen LogP contribution < -0.4 is 10.2 Å². The van der Waals surface area contributed by atoms with Crippen LogP contribution >= 0.6 is 0 Å². The molecule has 2 amide bonds. The van der Waals surface area contributed by atoms with Crippen LogP contribution in [0.5, 0.6) is 0 Å². The van der Waals surface area contributed by atoms with Gasteiger partial charge in [0, 0.05) is 45.0 Å². The number of nitrogens with one attached hydrogen (secondary N) is 1. The Morgan fingerprint density at radius 3 is 2.65 bits per heavy atom. The minimum atomic E-state index is 0.0260. The second kappa shape index (κ2) is 9.40. The molecule has 1 fully saturated rings. The van der Waals surface area contributed by atoms with Gasteiger partial charge in [0.15, 0.2) is 0 Å². The lowest BCUT2D eigenvalue weighted by atomic mass is 10.3. The number of amides is 2. The molecule has 0 aromatic heterocycles. The molecule has 0 radical (unpaired) electrons. The zero-order valence-corrected chi connectivity index (χ0v) is 14.3. The molecule has 1 heterocycles. The maximum atomic E-state index is 12.4. The van der Waals surface area contributed by atoms with Gasteiger partial charge in [-0.2, -0.15) is 0 Å². The predicted molar refractivity (Wildman–Crippen MR) is 93.9 cm³/mol. The van der Waals surface area contributed by atoms with Crippen LogP contribution in [0.2, 0.25) is 0 Å². The van der Waals surface area contributed by atoms with Crippen molar-refractivity contribution in [3.8, 4) is 0 Å². The van der Waals surface area contributed by atoms with E-state index in [0.29, 0.717) is 13.2 Å². The monoisotopic (exact) mass is 319 g/mol. The largest absolute Gasteiger partial charge is 0.377 e. The zero-order valence-electron chi connectivity index (χ0n) is 14.3. The number of nitrogens with zero attached hydrogens (tertiary/aromatic N) is 2. The molecule has 0 unspecified atom stereocenters. The summed E-state index contributed by atoms with van der Waals surface area (Å²) in [4.78, 5) is 16.6. The Bertz CT molecular complexity index is 467. The first-order chi connectivity index (χ1) is 11.2. The van der Waals surface area contributed by atoms with Crippen molar-refractivity contribution in [2.24, 2.45) is 0 Å². The fraction of sp³-hybridized carbons (Fsp3) is 0.611. The number of ether oxygens (including phenoxy) is 1. The second-order valence-corrected chi connectivity index (χ2v) is 5.83. The lowest BCUT2D eigenvalue weighted by molar-refractivity contribution is 0.0606. The first-order valence-corrected chi connectivity index (χ1v) is 8.69. The van der Waals surface area contributed by atoms with Gasteiger partial charge in [0.2, 0.25) is 0 Å². The highest BCUT2D eigenvalue weighted by Gasteiger charge is 2.19. The topological polar surface area (TPSA) is 44.8 Å². The maximum absolute atomic E-state index is 12.4. The van der Waals surface area contributed by atoms with Crippen molar-refractivity contribution in [2.45, 2.75) is 32.8 Å². The molecule has 5 heteroatoms. The summed E-state index contributed by atoms with van der Waals surface area (Å²) in [7, 11) is 0. The fourth-order valence-electron chi connectivity index (χ4n) is 2.89. The molecule has 1 aliphatic heterocycles. The summed E-state index contributed by atoms with van der Waals surface area (Å²) in [6.45, 7) is 8.76. The Morgan fingerprint density at radius 1 is 1.17 bits per heavy atom. The van der Waals surface area contributed by atoms with Gasteiger partial charge in [-0.15, -0.1) is 0 Å². The predicted octanol–water partition coefficient (Wildman–Crippen LogP) is 2.72. The van der Waals surface area contributed by atoms with E-state index in [0.717, 1.165) is 39.0 Å². The summed E-state index contributed by atoms with van der Waals surface area (Å²) in [6, 6.07) is 10.4. The number of anilines is 1. The first-order valence-electron chi connectivity index (χ1n) is 8.69. The van der Waals surface area contributed by atoms with Gasteiger partial charge in [-0.25, -0.2) is 4.79 Å². The first kappa shape index (κ1) is 17.6. The molecule has 1 saturated heterocycles. The van der Waals surface area contributed by atoms with Crippen molar-refractivity contribution < 1.29 is 9.53 Å². The summed E-state index contributed by atoms with van der Waals surface area (Å²) in [5, 5.41) is 3.01. The summed E-state index contributed by atoms with van der Waals surface area (Å²) in [5.74, 6) is 0. The third-order valence-electron chi connectivity index (χ3n) is 4.24. The summed E-state index contributed by atoms with van der Waals surface area (Å²) in [5.41, 5.74) is 1.23. The lowest BCUT2D eigenvalue weighted by Crippen LogP contribution is -2.44. The van der Waals surface area contributed by atoms with E-state index in [4.69, 9.17) is 4.74 Å². The highest BCUT2D eigenvalue weighted by atomic mass is 16.5. The SMILES string of the molecule is CCO[C@@H](CC)CNC(=O)N1CCCN(c2ccccc2)CC1. The third-order valence-corrected chi connectivity index (χ3v) is 4.24. The summed E-state index contributed by atoms with van der Waals surface area (Å²) >= 11 is 0. The van der Waals surface area contributed by atoms with E-state index in [1.165, 1.54) is 5.69 Å². The number of rotatable bonds is 6. The summed E-state index contributed by atoms with van der Waals surface area (Å²) in [6.07, 6.45) is 2.01. The number of carbonyl (C=O) groups is 1. The van der Waals surface area contributed by atoms with Crippen LogP contribution in [0.3, 0.4) is 0 Å². The zero-order chi connectivity index (χ0) is 16.5. The van der Waals surface area contributed by atoms with E-state index in [1.54, 1.807) is 0 Å². The number of carbonyl (C=O) groups excluding carboxylic acids is 1. The minimum absolute atomic E-state index is 0.0260. The number of urea groups is 1. The number of hydrogen-bond donors (Lipinski definition) is 1. The average Bonchev–Trinajstić information content (AvgIpc) is 2.85. The fourth-order valence-corrected chi connectivity index (χ4v) is 2.89. The average molecular weight is 319 g/mol. The number of benzene rings is 1. The van der Waals surface area contributed by atoms with Gasteiger partial charge in [-0.05, 0) is 31.9 Å². The maximum Gasteiger partial charge on any atom is 0.317 e. The van der Waals surface area contributed by atoms with Crippen molar-refractivity contribution in [3.05, 3.63) is 30.3 Å². The molecule has 1 N–H and O–H groups in total.